The van der Waals surface area contributed by atoms with Gasteiger partial charge in [0.15, 0.2) is 16.4 Å². The first-order chi connectivity index (χ1) is 12.2. The van der Waals surface area contributed by atoms with Gasteiger partial charge in [0, 0.05) is 6.26 Å². The average Bonchev–Trinajstić information content (AvgIpc) is 2.60. The molecule has 0 fully saturated rings. The fraction of sp³-hybridized carbons (Fsp3) is 0.350. The van der Waals surface area contributed by atoms with Gasteiger partial charge >= 0.3 is 0 Å². The summed E-state index contributed by atoms with van der Waals surface area (Å²) in [5, 5.41) is 2.93. The van der Waals surface area contributed by atoms with Crippen molar-refractivity contribution in [2.24, 2.45) is 0 Å². The van der Waals surface area contributed by atoms with Crippen LogP contribution in [0, 0.1) is 13.8 Å². The summed E-state index contributed by atoms with van der Waals surface area (Å²) >= 11 is 0. The molecule has 0 bridgehead atoms. The number of carbonyl (C=O) groups is 1. The van der Waals surface area contributed by atoms with Gasteiger partial charge in [-0.25, -0.2) is 8.42 Å². The van der Waals surface area contributed by atoms with Crippen molar-refractivity contribution in [2.75, 3.05) is 12.9 Å². The molecule has 2 rings (SSSR count). The molecule has 0 aliphatic rings. The van der Waals surface area contributed by atoms with E-state index >= 15 is 0 Å². The lowest BCUT2D eigenvalue weighted by Crippen LogP contribution is -2.32. The first kappa shape index (κ1) is 20.0. The largest absolute Gasteiger partial charge is 0.483 e. The second-order valence-corrected chi connectivity index (χ2v) is 8.37. The highest BCUT2D eigenvalue weighted by Gasteiger charge is 2.15. The van der Waals surface area contributed by atoms with E-state index < -0.39 is 9.84 Å². The fourth-order valence-corrected chi connectivity index (χ4v) is 3.26. The summed E-state index contributed by atoms with van der Waals surface area (Å²) in [6, 6.07) is 12.1. The van der Waals surface area contributed by atoms with Crippen molar-refractivity contribution in [3.8, 4) is 5.75 Å². The van der Waals surface area contributed by atoms with Crippen LogP contribution in [-0.4, -0.2) is 27.2 Å². The molecule has 0 spiro atoms. The maximum absolute atomic E-state index is 12.2. The zero-order valence-electron chi connectivity index (χ0n) is 15.6. The van der Waals surface area contributed by atoms with Gasteiger partial charge in [0.05, 0.1) is 10.9 Å². The first-order valence-corrected chi connectivity index (χ1v) is 10.4. The van der Waals surface area contributed by atoms with Gasteiger partial charge in [0.2, 0.25) is 0 Å². The number of hydrogen-bond donors (Lipinski definition) is 1. The molecule has 1 atom stereocenters. The maximum Gasteiger partial charge on any atom is 0.258 e. The Balaban J connectivity index is 2.00. The van der Waals surface area contributed by atoms with Crippen LogP contribution < -0.4 is 10.1 Å². The van der Waals surface area contributed by atoms with E-state index in [4.69, 9.17) is 4.74 Å². The van der Waals surface area contributed by atoms with Gasteiger partial charge in [-0.05, 0) is 55.2 Å². The Hall–Kier alpha value is -2.34. The van der Waals surface area contributed by atoms with Crippen molar-refractivity contribution in [3.63, 3.8) is 0 Å². The maximum atomic E-state index is 12.2. The quantitative estimate of drug-likeness (QED) is 0.805. The van der Waals surface area contributed by atoms with E-state index in [1.807, 2.05) is 39.0 Å². The molecule has 0 saturated carbocycles. The summed E-state index contributed by atoms with van der Waals surface area (Å²) in [6.45, 7) is 5.85. The summed E-state index contributed by atoms with van der Waals surface area (Å²) in [5.41, 5.74) is 2.99. The molecule has 26 heavy (non-hydrogen) atoms. The molecule has 0 aliphatic carbocycles. The number of carbonyl (C=O) groups excluding carboxylic acids is 1. The lowest BCUT2D eigenvalue weighted by atomic mass is 10.0. The Labute approximate surface area is 155 Å². The smallest absolute Gasteiger partial charge is 0.258 e. The predicted molar refractivity (Wildman–Crippen MR) is 102 cm³/mol. The minimum atomic E-state index is -3.23. The van der Waals surface area contributed by atoms with E-state index in [0.717, 1.165) is 16.7 Å². The van der Waals surface area contributed by atoms with Crippen LogP contribution in [0.5, 0.6) is 5.75 Å². The van der Waals surface area contributed by atoms with E-state index in [9.17, 15) is 13.2 Å². The number of ether oxygens (including phenoxy) is 1. The number of nitrogens with one attached hydrogen (secondary N) is 1. The lowest BCUT2D eigenvalue weighted by Gasteiger charge is -2.18. The molecular formula is C20H25NO4S. The SMILES string of the molecule is CC[C@H](NC(=O)COc1cccc(C)c1C)c1ccc(S(C)(=O)=O)cc1. The number of benzene rings is 2. The van der Waals surface area contributed by atoms with Gasteiger partial charge < -0.3 is 10.1 Å². The van der Waals surface area contributed by atoms with Crippen LogP contribution in [-0.2, 0) is 14.6 Å². The van der Waals surface area contributed by atoms with Gasteiger partial charge in [0.1, 0.15) is 5.75 Å². The van der Waals surface area contributed by atoms with E-state index in [1.165, 1.54) is 6.26 Å². The first-order valence-electron chi connectivity index (χ1n) is 8.50. The molecule has 2 aromatic carbocycles. The van der Waals surface area contributed by atoms with Gasteiger partial charge in [-0.2, -0.15) is 0 Å². The molecular weight excluding hydrogens is 350 g/mol. The molecule has 0 unspecified atom stereocenters. The second kappa shape index (κ2) is 8.36. The van der Waals surface area contributed by atoms with Crippen LogP contribution in [0.4, 0.5) is 0 Å². The van der Waals surface area contributed by atoms with E-state index in [2.05, 4.69) is 5.32 Å². The zero-order valence-corrected chi connectivity index (χ0v) is 16.4. The van der Waals surface area contributed by atoms with E-state index in [1.54, 1.807) is 24.3 Å². The normalized spacial score (nSPS) is 12.5. The molecule has 0 aromatic heterocycles. The van der Waals surface area contributed by atoms with Crippen LogP contribution in [0.15, 0.2) is 47.4 Å². The number of sulfone groups is 1. The van der Waals surface area contributed by atoms with Crippen LogP contribution in [0.25, 0.3) is 0 Å². The molecule has 0 saturated heterocycles. The molecule has 0 radical (unpaired) electrons. The number of hydrogen-bond acceptors (Lipinski definition) is 4. The zero-order chi connectivity index (χ0) is 19.3. The molecule has 5 nitrogen and oxygen atoms in total. The van der Waals surface area contributed by atoms with E-state index in [-0.39, 0.29) is 23.5 Å². The standard InChI is InChI=1S/C20H25NO4S/c1-5-18(16-9-11-17(12-10-16)26(4,23)24)21-20(22)13-25-19-8-6-7-14(2)15(19)3/h6-12,18H,5,13H2,1-4H3,(H,21,22)/t18-/m0/s1. The molecule has 0 aliphatic heterocycles. The highest BCUT2D eigenvalue weighted by molar-refractivity contribution is 7.90. The molecule has 1 amide bonds. The molecule has 0 heterocycles. The number of rotatable bonds is 7. The third-order valence-electron chi connectivity index (χ3n) is 4.37. The highest BCUT2D eigenvalue weighted by Crippen LogP contribution is 2.21. The van der Waals surface area contributed by atoms with Gasteiger partial charge in [-0.3, -0.25) is 4.79 Å². The minimum absolute atomic E-state index is 0.0672. The van der Waals surface area contributed by atoms with Gasteiger partial charge in [-0.15, -0.1) is 0 Å². The summed E-state index contributed by atoms with van der Waals surface area (Å²) in [6.07, 6.45) is 1.86. The van der Waals surface area contributed by atoms with Crippen molar-refractivity contribution >= 4 is 15.7 Å². The Morgan fingerprint density at radius 3 is 2.35 bits per heavy atom. The lowest BCUT2D eigenvalue weighted by molar-refractivity contribution is -0.123. The second-order valence-electron chi connectivity index (χ2n) is 6.36. The number of amides is 1. The average molecular weight is 375 g/mol. The Morgan fingerprint density at radius 2 is 1.77 bits per heavy atom. The molecule has 2 aromatic rings. The van der Waals surface area contributed by atoms with E-state index in [0.29, 0.717) is 12.2 Å². The third-order valence-corrected chi connectivity index (χ3v) is 5.50. The van der Waals surface area contributed by atoms with Crippen molar-refractivity contribution < 1.29 is 17.9 Å². The summed E-state index contributed by atoms with van der Waals surface area (Å²) in [4.78, 5) is 12.5. The predicted octanol–water partition coefficient (Wildman–Crippen LogP) is 3.35. The Bertz CT molecular complexity index is 873. The van der Waals surface area contributed by atoms with Crippen LogP contribution in [0.3, 0.4) is 0 Å². The summed E-state index contributed by atoms with van der Waals surface area (Å²) < 4.78 is 28.7. The molecule has 6 heteroatoms. The Morgan fingerprint density at radius 1 is 1.12 bits per heavy atom. The molecule has 140 valence electrons. The van der Waals surface area contributed by atoms with Crippen molar-refractivity contribution in [1.82, 2.24) is 5.32 Å². The van der Waals surface area contributed by atoms with Crippen LogP contribution in [0.1, 0.15) is 36.1 Å². The minimum Gasteiger partial charge on any atom is -0.483 e. The van der Waals surface area contributed by atoms with Crippen molar-refractivity contribution in [2.45, 2.75) is 38.1 Å². The summed E-state index contributed by atoms with van der Waals surface area (Å²) in [5.74, 6) is 0.482. The third kappa shape index (κ3) is 5.08. The monoisotopic (exact) mass is 375 g/mol. The fourth-order valence-electron chi connectivity index (χ4n) is 2.63. The van der Waals surface area contributed by atoms with Crippen LogP contribution >= 0.6 is 0 Å². The van der Waals surface area contributed by atoms with Crippen LogP contribution in [0.2, 0.25) is 0 Å². The summed E-state index contributed by atoms with van der Waals surface area (Å²) in [7, 11) is -3.23. The Kier molecular flexibility index (Phi) is 6.42. The van der Waals surface area contributed by atoms with Gasteiger partial charge in [0.25, 0.3) is 5.91 Å². The van der Waals surface area contributed by atoms with Gasteiger partial charge in [-0.1, -0.05) is 31.2 Å². The highest BCUT2D eigenvalue weighted by atomic mass is 32.2. The van der Waals surface area contributed by atoms with Crippen molar-refractivity contribution in [1.29, 1.82) is 0 Å². The van der Waals surface area contributed by atoms with Crippen molar-refractivity contribution in [3.05, 3.63) is 59.2 Å². The topological polar surface area (TPSA) is 72.5 Å². The molecule has 1 N–H and O–H groups in total. The number of aryl methyl sites for hydroxylation is 1.